The summed E-state index contributed by atoms with van der Waals surface area (Å²) in [6.07, 6.45) is 1.49. The van der Waals surface area contributed by atoms with Gasteiger partial charge in [-0.25, -0.2) is 9.82 Å². The number of ether oxygens (including phenoxy) is 3. The molecule has 8 heteroatoms. The van der Waals surface area contributed by atoms with E-state index in [1.54, 1.807) is 48.5 Å². The van der Waals surface area contributed by atoms with E-state index in [-0.39, 0.29) is 12.4 Å². The zero-order chi connectivity index (χ0) is 22.2. The number of methoxy groups -OCH3 is 2. The van der Waals surface area contributed by atoms with Gasteiger partial charge in [-0.1, -0.05) is 28.1 Å². The molecule has 0 unspecified atom stereocenters. The van der Waals surface area contributed by atoms with E-state index >= 15 is 0 Å². The van der Waals surface area contributed by atoms with Crippen LogP contribution in [0.2, 0.25) is 0 Å². The number of carbonyl (C=O) groups is 1. The van der Waals surface area contributed by atoms with Gasteiger partial charge in [0.1, 0.15) is 18.2 Å². The summed E-state index contributed by atoms with van der Waals surface area (Å²) in [7, 11) is 3.03. The molecule has 3 aromatic carbocycles. The van der Waals surface area contributed by atoms with E-state index < -0.39 is 5.91 Å². The Labute approximate surface area is 187 Å². The smallest absolute Gasteiger partial charge is 0.275 e. The van der Waals surface area contributed by atoms with Crippen molar-refractivity contribution in [3.8, 4) is 17.2 Å². The highest BCUT2D eigenvalue weighted by atomic mass is 79.9. The lowest BCUT2D eigenvalue weighted by Crippen LogP contribution is -2.18. The Kier molecular flexibility index (Phi) is 7.61. The summed E-state index contributed by atoms with van der Waals surface area (Å²) in [6, 6.07) is 16.5. The molecule has 0 aliphatic rings. The Morgan fingerprint density at radius 3 is 2.42 bits per heavy atom. The molecule has 0 saturated carbocycles. The van der Waals surface area contributed by atoms with Crippen LogP contribution in [0.5, 0.6) is 17.2 Å². The number of amides is 1. The molecule has 0 aliphatic heterocycles. The largest absolute Gasteiger partial charge is 0.496 e. The normalized spacial score (nSPS) is 10.7. The Morgan fingerprint density at radius 2 is 1.71 bits per heavy atom. The number of rotatable bonds is 8. The SMILES string of the molecule is COc1cc(/C=N\NC(=O)c2cc(Br)ccc2OC)ccc1OCc1ccc(F)cc1. The van der Waals surface area contributed by atoms with E-state index in [0.29, 0.717) is 28.4 Å². The lowest BCUT2D eigenvalue weighted by molar-refractivity contribution is 0.0952. The lowest BCUT2D eigenvalue weighted by atomic mass is 10.2. The molecule has 6 nitrogen and oxygen atoms in total. The van der Waals surface area contributed by atoms with Crippen molar-refractivity contribution >= 4 is 28.1 Å². The molecule has 3 rings (SSSR count). The van der Waals surface area contributed by atoms with E-state index in [0.717, 1.165) is 10.0 Å². The van der Waals surface area contributed by atoms with Crippen molar-refractivity contribution < 1.29 is 23.4 Å². The standard InChI is InChI=1S/C23H20BrFN2O4/c1-29-20-10-6-17(24)12-19(20)23(28)27-26-13-16-5-9-21(22(11-16)30-2)31-14-15-3-7-18(25)8-4-15/h3-13H,14H2,1-2H3,(H,27,28)/b26-13-. The third-order valence-corrected chi connectivity index (χ3v) is 4.77. The van der Waals surface area contributed by atoms with Gasteiger partial charge in [0, 0.05) is 4.47 Å². The van der Waals surface area contributed by atoms with E-state index in [1.165, 1.54) is 32.6 Å². The second kappa shape index (κ2) is 10.6. The van der Waals surface area contributed by atoms with Crippen LogP contribution in [0.3, 0.4) is 0 Å². The third-order valence-electron chi connectivity index (χ3n) is 4.28. The average molecular weight is 487 g/mol. The number of hydrogen-bond donors (Lipinski definition) is 1. The Morgan fingerprint density at radius 1 is 1.00 bits per heavy atom. The maximum atomic E-state index is 13.0. The van der Waals surface area contributed by atoms with E-state index in [4.69, 9.17) is 14.2 Å². The van der Waals surface area contributed by atoms with Crippen molar-refractivity contribution in [3.63, 3.8) is 0 Å². The summed E-state index contributed by atoms with van der Waals surface area (Å²) in [6.45, 7) is 0.272. The molecular formula is C23H20BrFN2O4. The van der Waals surface area contributed by atoms with Crippen molar-refractivity contribution in [3.05, 3.63) is 87.6 Å². The van der Waals surface area contributed by atoms with Crippen LogP contribution >= 0.6 is 15.9 Å². The maximum absolute atomic E-state index is 13.0. The molecular weight excluding hydrogens is 467 g/mol. The second-order valence-electron chi connectivity index (χ2n) is 6.37. The van der Waals surface area contributed by atoms with Gasteiger partial charge in [0.25, 0.3) is 5.91 Å². The minimum Gasteiger partial charge on any atom is -0.496 e. The Bertz CT molecular complexity index is 1090. The molecule has 3 aromatic rings. The zero-order valence-corrected chi connectivity index (χ0v) is 18.5. The zero-order valence-electron chi connectivity index (χ0n) is 16.9. The van der Waals surface area contributed by atoms with Crippen LogP contribution < -0.4 is 19.6 Å². The Hall–Kier alpha value is -3.39. The minimum absolute atomic E-state index is 0.272. The van der Waals surface area contributed by atoms with Crippen molar-refractivity contribution in [1.82, 2.24) is 5.43 Å². The summed E-state index contributed by atoms with van der Waals surface area (Å²) in [5.74, 6) is 0.786. The van der Waals surface area contributed by atoms with Gasteiger partial charge < -0.3 is 14.2 Å². The average Bonchev–Trinajstić information content (AvgIpc) is 2.79. The van der Waals surface area contributed by atoms with Gasteiger partial charge >= 0.3 is 0 Å². The van der Waals surface area contributed by atoms with E-state index in [1.807, 2.05) is 0 Å². The molecule has 0 aliphatic carbocycles. The molecule has 31 heavy (non-hydrogen) atoms. The van der Waals surface area contributed by atoms with Crippen LogP contribution in [0.1, 0.15) is 21.5 Å². The van der Waals surface area contributed by atoms with Crippen LogP contribution in [0, 0.1) is 5.82 Å². The van der Waals surface area contributed by atoms with Crippen molar-refractivity contribution in [2.24, 2.45) is 5.10 Å². The van der Waals surface area contributed by atoms with Crippen LogP contribution in [-0.4, -0.2) is 26.3 Å². The molecule has 0 radical (unpaired) electrons. The van der Waals surface area contributed by atoms with Gasteiger partial charge in [-0.2, -0.15) is 5.10 Å². The molecule has 1 amide bonds. The summed E-state index contributed by atoms with van der Waals surface area (Å²) < 4.78 is 30.1. The summed E-state index contributed by atoms with van der Waals surface area (Å²) in [5, 5.41) is 4.00. The maximum Gasteiger partial charge on any atom is 0.275 e. The number of hydrazone groups is 1. The fourth-order valence-electron chi connectivity index (χ4n) is 2.71. The number of nitrogens with zero attached hydrogens (tertiary/aromatic N) is 1. The topological polar surface area (TPSA) is 69.2 Å². The van der Waals surface area contributed by atoms with E-state index in [2.05, 4.69) is 26.5 Å². The first kappa shape index (κ1) is 22.3. The molecule has 160 valence electrons. The number of carbonyl (C=O) groups excluding carboxylic acids is 1. The summed E-state index contributed by atoms with van der Waals surface area (Å²) in [4.78, 5) is 12.4. The highest BCUT2D eigenvalue weighted by Crippen LogP contribution is 2.28. The predicted octanol–water partition coefficient (Wildman–Crippen LogP) is 4.95. The molecule has 1 N–H and O–H groups in total. The van der Waals surface area contributed by atoms with Gasteiger partial charge in [-0.05, 0) is 59.7 Å². The number of benzene rings is 3. The van der Waals surface area contributed by atoms with E-state index in [9.17, 15) is 9.18 Å². The lowest BCUT2D eigenvalue weighted by Gasteiger charge is -2.11. The summed E-state index contributed by atoms with van der Waals surface area (Å²) in [5.41, 5.74) is 4.37. The number of hydrogen-bond acceptors (Lipinski definition) is 5. The van der Waals surface area contributed by atoms with Gasteiger partial charge in [-0.15, -0.1) is 0 Å². The molecule has 0 fully saturated rings. The first-order valence-corrected chi connectivity index (χ1v) is 10.0. The first-order valence-electron chi connectivity index (χ1n) is 9.22. The van der Waals surface area contributed by atoms with Gasteiger partial charge in [0.15, 0.2) is 11.5 Å². The molecule has 0 heterocycles. The molecule has 0 saturated heterocycles. The van der Waals surface area contributed by atoms with Crippen molar-refractivity contribution in [2.45, 2.75) is 6.61 Å². The van der Waals surface area contributed by atoms with Crippen molar-refractivity contribution in [2.75, 3.05) is 14.2 Å². The van der Waals surface area contributed by atoms with Crippen LogP contribution in [0.4, 0.5) is 4.39 Å². The monoisotopic (exact) mass is 486 g/mol. The molecule has 0 bridgehead atoms. The van der Waals surface area contributed by atoms with Crippen molar-refractivity contribution in [1.29, 1.82) is 0 Å². The van der Waals surface area contributed by atoms with Crippen LogP contribution in [-0.2, 0) is 6.61 Å². The van der Waals surface area contributed by atoms with Gasteiger partial charge in [0.05, 0.1) is 26.0 Å². The fraction of sp³-hybridized carbons (Fsp3) is 0.130. The third kappa shape index (κ3) is 6.05. The molecule has 0 aromatic heterocycles. The number of halogens is 2. The number of nitrogens with one attached hydrogen (secondary N) is 1. The fourth-order valence-corrected chi connectivity index (χ4v) is 3.07. The second-order valence-corrected chi connectivity index (χ2v) is 7.28. The highest BCUT2D eigenvalue weighted by Gasteiger charge is 2.12. The first-order chi connectivity index (χ1) is 15.0. The molecule has 0 atom stereocenters. The highest BCUT2D eigenvalue weighted by molar-refractivity contribution is 9.10. The van der Waals surface area contributed by atoms with Gasteiger partial charge in [0.2, 0.25) is 0 Å². The van der Waals surface area contributed by atoms with Crippen LogP contribution in [0.25, 0.3) is 0 Å². The Balaban J connectivity index is 1.65. The summed E-state index contributed by atoms with van der Waals surface area (Å²) >= 11 is 3.34. The predicted molar refractivity (Wildman–Crippen MR) is 119 cm³/mol. The van der Waals surface area contributed by atoms with Crippen LogP contribution in [0.15, 0.2) is 70.2 Å². The minimum atomic E-state index is -0.402. The quantitative estimate of drug-likeness (QED) is 0.361. The van der Waals surface area contributed by atoms with Gasteiger partial charge in [-0.3, -0.25) is 4.79 Å². The molecule has 0 spiro atoms.